The number of anilines is 1. The van der Waals surface area contributed by atoms with Gasteiger partial charge in [-0.2, -0.15) is 0 Å². The standard InChI is InChI=1S/C15H23N3O/c1-13(19)17-15-7-3-2-6-14(15)12-16-8-11-18-9-4-5-10-18/h2-3,6-7,16H,4-5,8-12H2,1H3,(H,17,19). The van der Waals surface area contributed by atoms with Gasteiger partial charge >= 0.3 is 0 Å². The maximum Gasteiger partial charge on any atom is 0.221 e. The first-order valence-electron chi connectivity index (χ1n) is 7.04. The van der Waals surface area contributed by atoms with Crippen LogP contribution in [0.4, 0.5) is 5.69 Å². The van der Waals surface area contributed by atoms with Gasteiger partial charge in [0.2, 0.25) is 5.91 Å². The number of carbonyl (C=O) groups is 1. The predicted octanol–water partition coefficient (Wildman–Crippen LogP) is 1.83. The predicted molar refractivity (Wildman–Crippen MR) is 78.1 cm³/mol. The van der Waals surface area contributed by atoms with Crippen LogP contribution in [0, 0.1) is 0 Å². The van der Waals surface area contributed by atoms with Gasteiger partial charge in [0.15, 0.2) is 0 Å². The first-order chi connectivity index (χ1) is 9.25. The molecule has 0 saturated carbocycles. The zero-order valence-corrected chi connectivity index (χ0v) is 11.6. The Labute approximate surface area is 115 Å². The van der Waals surface area contributed by atoms with Crippen molar-refractivity contribution in [1.82, 2.24) is 10.2 Å². The van der Waals surface area contributed by atoms with Crippen molar-refractivity contribution in [2.45, 2.75) is 26.3 Å². The summed E-state index contributed by atoms with van der Waals surface area (Å²) in [6.07, 6.45) is 2.68. The highest BCUT2D eigenvalue weighted by molar-refractivity contribution is 5.89. The fourth-order valence-corrected chi connectivity index (χ4v) is 2.45. The molecule has 1 aliphatic heterocycles. The minimum Gasteiger partial charge on any atom is -0.326 e. The molecule has 0 aliphatic carbocycles. The van der Waals surface area contributed by atoms with E-state index in [4.69, 9.17) is 0 Å². The zero-order valence-electron chi connectivity index (χ0n) is 11.6. The number of nitrogens with zero attached hydrogens (tertiary/aromatic N) is 1. The molecule has 0 radical (unpaired) electrons. The van der Waals surface area contributed by atoms with Gasteiger partial charge < -0.3 is 15.5 Å². The van der Waals surface area contributed by atoms with E-state index in [1.165, 1.54) is 32.9 Å². The molecule has 0 aromatic heterocycles. The molecule has 2 rings (SSSR count). The lowest BCUT2D eigenvalue weighted by molar-refractivity contribution is -0.114. The minimum atomic E-state index is -0.0236. The zero-order chi connectivity index (χ0) is 13.5. The number of para-hydroxylation sites is 1. The number of benzene rings is 1. The number of hydrogen-bond acceptors (Lipinski definition) is 3. The lowest BCUT2D eigenvalue weighted by Crippen LogP contribution is -2.29. The van der Waals surface area contributed by atoms with Gasteiger partial charge in [-0.25, -0.2) is 0 Å². The topological polar surface area (TPSA) is 44.4 Å². The molecule has 19 heavy (non-hydrogen) atoms. The smallest absolute Gasteiger partial charge is 0.221 e. The summed E-state index contributed by atoms with van der Waals surface area (Å²) in [4.78, 5) is 13.6. The van der Waals surface area contributed by atoms with Crippen molar-refractivity contribution in [1.29, 1.82) is 0 Å². The van der Waals surface area contributed by atoms with Gasteiger partial charge in [0.1, 0.15) is 0 Å². The van der Waals surface area contributed by atoms with E-state index in [9.17, 15) is 4.79 Å². The van der Waals surface area contributed by atoms with E-state index >= 15 is 0 Å². The number of hydrogen-bond donors (Lipinski definition) is 2. The monoisotopic (exact) mass is 261 g/mol. The second kappa shape index (κ2) is 7.26. The van der Waals surface area contributed by atoms with Crippen LogP contribution < -0.4 is 10.6 Å². The Morgan fingerprint density at radius 2 is 2.00 bits per heavy atom. The van der Waals surface area contributed by atoms with Crippen LogP contribution in [-0.4, -0.2) is 37.0 Å². The molecule has 4 nitrogen and oxygen atoms in total. The van der Waals surface area contributed by atoms with Crippen molar-refractivity contribution in [3.8, 4) is 0 Å². The molecule has 1 aromatic carbocycles. The van der Waals surface area contributed by atoms with E-state index in [-0.39, 0.29) is 5.91 Å². The van der Waals surface area contributed by atoms with E-state index in [0.717, 1.165) is 30.9 Å². The molecule has 4 heteroatoms. The number of rotatable bonds is 6. The third-order valence-electron chi connectivity index (χ3n) is 3.45. The van der Waals surface area contributed by atoms with E-state index in [2.05, 4.69) is 15.5 Å². The van der Waals surface area contributed by atoms with Crippen molar-refractivity contribution in [2.24, 2.45) is 0 Å². The summed E-state index contributed by atoms with van der Waals surface area (Å²) in [5, 5.41) is 6.32. The lowest BCUT2D eigenvalue weighted by atomic mass is 10.1. The van der Waals surface area contributed by atoms with Gasteiger partial charge in [0.25, 0.3) is 0 Å². The van der Waals surface area contributed by atoms with Gasteiger partial charge in [0, 0.05) is 32.2 Å². The van der Waals surface area contributed by atoms with E-state index in [0.29, 0.717) is 0 Å². The lowest BCUT2D eigenvalue weighted by Gasteiger charge is -2.15. The molecule has 0 unspecified atom stereocenters. The molecule has 104 valence electrons. The summed E-state index contributed by atoms with van der Waals surface area (Å²) in [6, 6.07) is 7.94. The summed E-state index contributed by atoms with van der Waals surface area (Å²) >= 11 is 0. The molecular weight excluding hydrogens is 238 g/mol. The van der Waals surface area contributed by atoms with E-state index in [1.54, 1.807) is 0 Å². The summed E-state index contributed by atoms with van der Waals surface area (Å²) < 4.78 is 0. The van der Waals surface area contributed by atoms with Gasteiger partial charge in [-0.3, -0.25) is 4.79 Å². The molecular formula is C15H23N3O. The molecule has 1 aliphatic rings. The SMILES string of the molecule is CC(=O)Nc1ccccc1CNCCN1CCCC1. The molecule has 0 spiro atoms. The van der Waals surface area contributed by atoms with Crippen LogP contribution in [0.15, 0.2) is 24.3 Å². The van der Waals surface area contributed by atoms with Crippen molar-refractivity contribution in [3.63, 3.8) is 0 Å². The van der Waals surface area contributed by atoms with Gasteiger partial charge in [-0.15, -0.1) is 0 Å². The highest BCUT2D eigenvalue weighted by atomic mass is 16.1. The number of likely N-dealkylation sites (tertiary alicyclic amines) is 1. The summed E-state index contributed by atoms with van der Waals surface area (Å²) in [6.45, 7) is 6.92. The molecule has 1 heterocycles. The molecule has 1 saturated heterocycles. The highest BCUT2D eigenvalue weighted by Crippen LogP contribution is 2.14. The van der Waals surface area contributed by atoms with Crippen molar-refractivity contribution >= 4 is 11.6 Å². The maximum absolute atomic E-state index is 11.1. The van der Waals surface area contributed by atoms with Crippen LogP contribution in [0.2, 0.25) is 0 Å². The average molecular weight is 261 g/mol. The van der Waals surface area contributed by atoms with Crippen LogP contribution >= 0.6 is 0 Å². The third kappa shape index (κ3) is 4.65. The maximum atomic E-state index is 11.1. The van der Waals surface area contributed by atoms with E-state index < -0.39 is 0 Å². The van der Waals surface area contributed by atoms with Crippen molar-refractivity contribution in [3.05, 3.63) is 29.8 Å². The third-order valence-corrected chi connectivity index (χ3v) is 3.45. The number of amides is 1. The number of nitrogens with one attached hydrogen (secondary N) is 2. The summed E-state index contributed by atoms with van der Waals surface area (Å²) in [5.74, 6) is -0.0236. The molecule has 1 amide bonds. The Balaban J connectivity index is 1.76. The van der Waals surface area contributed by atoms with Crippen molar-refractivity contribution < 1.29 is 4.79 Å². The van der Waals surface area contributed by atoms with Crippen LogP contribution in [0.1, 0.15) is 25.3 Å². The Bertz CT molecular complexity index is 414. The second-order valence-corrected chi connectivity index (χ2v) is 5.06. The van der Waals surface area contributed by atoms with Crippen LogP contribution in [0.3, 0.4) is 0 Å². The Morgan fingerprint density at radius 1 is 1.26 bits per heavy atom. The van der Waals surface area contributed by atoms with E-state index in [1.807, 2.05) is 24.3 Å². The Hall–Kier alpha value is -1.39. The largest absolute Gasteiger partial charge is 0.326 e. The Kier molecular flexibility index (Phi) is 5.36. The van der Waals surface area contributed by atoms with Gasteiger partial charge in [-0.05, 0) is 37.6 Å². The fourth-order valence-electron chi connectivity index (χ4n) is 2.45. The Morgan fingerprint density at radius 3 is 2.74 bits per heavy atom. The van der Waals surface area contributed by atoms with Gasteiger partial charge in [-0.1, -0.05) is 18.2 Å². The van der Waals surface area contributed by atoms with Crippen molar-refractivity contribution in [2.75, 3.05) is 31.5 Å². The van der Waals surface area contributed by atoms with Gasteiger partial charge in [0.05, 0.1) is 0 Å². The molecule has 0 atom stereocenters. The normalized spacial score (nSPS) is 15.6. The summed E-state index contributed by atoms with van der Waals surface area (Å²) in [5.41, 5.74) is 2.04. The summed E-state index contributed by atoms with van der Waals surface area (Å²) in [7, 11) is 0. The highest BCUT2D eigenvalue weighted by Gasteiger charge is 2.10. The van der Waals surface area contributed by atoms with Crippen LogP contribution in [0.5, 0.6) is 0 Å². The number of carbonyl (C=O) groups excluding carboxylic acids is 1. The average Bonchev–Trinajstić information content (AvgIpc) is 2.89. The first-order valence-corrected chi connectivity index (χ1v) is 7.04. The molecule has 2 N–H and O–H groups in total. The minimum absolute atomic E-state index is 0.0236. The first kappa shape index (κ1) is 14.0. The second-order valence-electron chi connectivity index (χ2n) is 5.06. The van der Waals surface area contributed by atoms with Crippen LogP contribution in [0.25, 0.3) is 0 Å². The quantitative estimate of drug-likeness (QED) is 0.768. The van der Waals surface area contributed by atoms with Crippen LogP contribution in [-0.2, 0) is 11.3 Å². The molecule has 1 fully saturated rings. The molecule has 0 bridgehead atoms. The molecule has 1 aromatic rings. The fraction of sp³-hybridized carbons (Fsp3) is 0.533.